The van der Waals surface area contributed by atoms with Gasteiger partial charge in [0.15, 0.2) is 0 Å². The van der Waals surface area contributed by atoms with E-state index in [1.54, 1.807) is 6.07 Å². The molecule has 0 aromatic heterocycles. The maximum absolute atomic E-state index is 13.7. The lowest BCUT2D eigenvalue weighted by Crippen LogP contribution is -2.35. The fourth-order valence-electron chi connectivity index (χ4n) is 1.54. The maximum Gasteiger partial charge on any atom is 0.239 e. The van der Waals surface area contributed by atoms with Gasteiger partial charge < -0.3 is 11.1 Å². The fraction of sp³-hybridized carbons (Fsp3) is 0.364. The van der Waals surface area contributed by atoms with E-state index in [2.05, 4.69) is 31.3 Å². The van der Waals surface area contributed by atoms with Crippen LogP contribution in [0, 0.1) is 5.82 Å². The molecule has 0 saturated heterocycles. The van der Waals surface area contributed by atoms with E-state index in [0.29, 0.717) is 24.0 Å². The minimum atomic E-state index is -0.913. The quantitative estimate of drug-likeness (QED) is 0.347. The van der Waals surface area contributed by atoms with Crippen molar-refractivity contribution in [3.05, 3.63) is 44.5 Å². The van der Waals surface area contributed by atoms with E-state index >= 15 is 0 Å². The van der Waals surface area contributed by atoms with Gasteiger partial charge in [0.2, 0.25) is 5.91 Å². The zero-order valence-electron chi connectivity index (χ0n) is 10.0. The minimum absolute atomic E-state index is 0.186. The van der Waals surface area contributed by atoms with Crippen molar-refractivity contribution in [2.75, 3.05) is 13.1 Å². The van der Waals surface area contributed by atoms with E-state index in [0.717, 1.165) is 0 Å². The largest absolute Gasteiger partial charge is 0.368 e. The Morgan fingerprint density at radius 1 is 1.63 bits per heavy atom. The van der Waals surface area contributed by atoms with Crippen LogP contribution in [0.25, 0.3) is 10.4 Å². The molecule has 0 spiro atoms. The van der Waals surface area contributed by atoms with Crippen LogP contribution in [0.3, 0.4) is 0 Å². The summed E-state index contributed by atoms with van der Waals surface area (Å²) in [5, 5.41) is 6.20. The Labute approximate surface area is 117 Å². The first-order valence-corrected chi connectivity index (χ1v) is 6.34. The number of carbonyl (C=O) groups is 1. The second-order valence-electron chi connectivity index (χ2n) is 3.76. The highest BCUT2D eigenvalue weighted by Crippen LogP contribution is 2.21. The average molecular weight is 330 g/mol. The van der Waals surface area contributed by atoms with E-state index in [1.807, 2.05) is 0 Å². The van der Waals surface area contributed by atoms with Gasteiger partial charge in [0.1, 0.15) is 11.9 Å². The standard InChI is InChI=1S/C11H13BrFN5O/c12-7-2-3-9(13)8(6-7)10(11(14)19)16-4-1-5-17-18-15/h2-3,6,10,16H,1,4-5H2,(H2,14,19). The summed E-state index contributed by atoms with van der Waals surface area (Å²) in [5.74, 6) is -1.17. The fourth-order valence-corrected chi connectivity index (χ4v) is 1.92. The first-order chi connectivity index (χ1) is 9.06. The second-order valence-corrected chi connectivity index (χ2v) is 4.68. The zero-order valence-corrected chi connectivity index (χ0v) is 11.6. The van der Waals surface area contributed by atoms with Crippen molar-refractivity contribution in [1.82, 2.24) is 5.32 Å². The number of nitrogens with zero attached hydrogens (tertiary/aromatic N) is 3. The van der Waals surface area contributed by atoms with E-state index in [4.69, 9.17) is 11.3 Å². The van der Waals surface area contributed by atoms with Crippen LogP contribution in [0.4, 0.5) is 4.39 Å². The predicted molar refractivity (Wildman–Crippen MR) is 72.7 cm³/mol. The highest BCUT2D eigenvalue weighted by Gasteiger charge is 2.20. The lowest BCUT2D eigenvalue weighted by molar-refractivity contribution is -0.120. The second kappa shape index (κ2) is 7.73. The molecule has 0 fully saturated rings. The molecule has 1 amide bonds. The van der Waals surface area contributed by atoms with Gasteiger partial charge in [0.05, 0.1) is 0 Å². The molecule has 0 heterocycles. The van der Waals surface area contributed by atoms with Gasteiger partial charge in [-0.15, -0.1) is 0 Å². The van der Waals surface area contributed by atoms with Crippen molar-refractivity contribution in [3.63, 3.8) is 0 Å². The maximum atomic E-state index is 13.7. The van der Waals surface area contributed by atoms with Crippen LogP contribution in [0.15, 0.2) is 27.8 Å². The molecule has 0 aliphatic carbocycles. The molecule has 0 bridgehead atoms. The van der Waals surface area contributed by atoms with Gasteiger partial charge in [-0.3, -0.25) is 4.79 Å². The van der Waals surface area contributed by atoms with Gasteiger partial charge in [-0.2, -0.15) is 0 Å². The number of amides is 1. The van der Waals surface area contributed by atoms with Gasteiger partial charge in [-0.05, 0) is 36.7 Å². The molecule has 1 rings (SSSR count). The monoisotopic (exact) mass is 329 g/mol. The number of nitrogens with one attached hydrogen (secondary N) is 1. The third-order valence-corrected chi connectivity index (χ3v) is 2.89. The molecule has 102 valence electrons. The number of benzene rings is 1. The minimum Gasteiger partial charge on any atom is -0.368 e. The van der Waals surface area contributed by atoms with Gasteiger partial charge >= 0.3 is 0 Å². The molecule has 1 aromatic carbocycles. The Balaban J connectivity index is 2.74. The Bertz CT molecular complexity index is 504. The summed E-state index contributed by atoms with van der Waals surface area (Å²) in [6, 6.07) is 3.39. The van der Waals surface area contributed by atoms with Crippen molar-refractivity contribution in [2.45, 2.75) is 12.5 Å². The number of halogens is 2. The van der Waals surface area contributed by atoms with E-state index in [-0.39, 0.29) is 5.56 Å². The molecule has 1 atom stereocenters. The SMILES string of the molecule is [N-]=[N+]=NCCCNC(C(N)=O)c1cc(Br)ccc1F. The third-order valence-electron chi connectivity index (χ3n) is 2.40. The summed E-state index contributed by atoms with van der Waals surface area (Å²) >= 11 is 3.21. The van der Waals surface area contributed by atoms with Crippen LogP contribution < -0.4 is 11.1 Å². The Morgan fingerprint density at radius 2 is 2.37 bits per heavy atom. The number of nitrogens with two attached hydrogens (primary N) is 1. The molecule has 1 unspecified atom stereocenters. The number of hydrogen-bond donors (Lipinski definition) is 2. The molecule has 0 aliphatic heterocycles. The molecule has 0 radical (unpaired) electrons. The first kappa shape index (κ1) is 15.4. The number of hydrogen-bond acceptors (Lipinski definition) is 3. The van der Waals surface area contributed by atoms with Crippen molar-refractivity contribution < 1.29 is 9.18 Å². The summed E-state index contributed by atoms with van der Waals surface area (Å²) < 4.78 is 14.3. The predicted octanol–water partition coefficient (Wildman–Crippen LogP) is 2.40. The molecule has 3 N–H and O–H groups in total. The number of carbonyl (C=O) groups excluding carboxylic acids is 1. The van der Waals surface area contributed by atoms with Crippen LogP contribution >= 0.6 is 15.9 Å². The molecule has 0 aliphatic rings. The van der Waals surface area contributed by atoms with Gasteiger partial charge in [0, 0.05) is 21.5 Å². The summed E-state index contributed by atoms with van der Waals surface area (Å²) in [7, 11) is 0. The molecule has 6 nitrogen and oxygen atoms in total. The number of primary amides is 1. The highest BCUT2D eigenvalue weighted by atomic mass is 79.9. The smallest absolute Gasteiger partial charge is 0.239 e. The Hall–Kier alpha value is -1.63. The van der Waals surface area contributed by atoms with Crippen LogP contribution in [0.5, 0.6) is 0 Å². The molecular weight excluding hydrogens is 317 g/mol. The van der Waals surface area contributed by atoms with Gasteiger partial charge in [-0.1, -0.05) is 21.0 Å². The molecule has 0 saturated carbocycles. The first-order valence-electron chi connectivity index (χ1n) is 5.54. The van der Waals surface area contributed by atoms with Gasteiger partial charge in [-0.25, -0.2) is 4.39 Å². The van der Waals surface area contributed by atoms with Crippen molar-refractivity contribution in [3.8, 4) is 0 Å². The lowest BCUT2D eigenvalue weighted by Gasteiger charge is -2.16. The summed E-state index contributed by atoms with van der Waals surface area (Å²) in [6.45, 7) is 0.689. The van der Waals surface area contributed by atoms with Crippen LogP contribution in [-0.2, 0) is 4.79 Å². The molecule has 8 heteroatoms. The molecule has 19 heavy (non-hydrogen) atoms. The van der Waals surface area contributed by atoms with E-state index < -0.39 is 17.8 Å². The van der Waals surface area contributed by atoms with Crippen molar-refractivity contribution >= 4 is 21.8 Å². The van der Waals surface area contributed by atoms with Crippen LogP contribution in [0.1, 0.15) is 18.0 Å². The van der Waals surface area contributed by atoms with Crippen molar-refractivity contribution in [1.29, 1.82) is 0 Å². The van der Waals surface area contributed by atoms with Crippen LogP contribution in [0.2, 0.25) is 0 Å². The van der Waals surface area contributed by atoms with E-state index in [9.17, 15) is 9.18 Å². The number of rotatable bonds is 7. The normalized spacial score (nSPS) is 11.7. The molecular formula is C11H13BrFN5O. The zero-order chi connectivity index (χ0) is 14.3. The topological polar surface area (TPSA) is 104 Å². The van der Waals surface area contributed by atoms with Crippen LogP contribution in [-0.4, -0.2) is 19.0 Å². The summed E-state index contributed by atoms with van der Waals surface area (Å²) in [4.78, 5) is 14.0. The highest BCUT2D eigenvalue weighted by molar-refractivity contribution is 9.10. The Morgan fingerprint density at radius 3 is 3.00 bits per heavy atom. The van der Waals surface area contributed by atoms with E-state index in [1.165, 1.54) is 12.1 Å². The van der Waals surface area contributed by atoms with Crippen molar-refractivity contribution in [2.24, 2.45) is 10.8 Å². The average Bonchev–Trinajstić information content (AvgIpc) is 2.37. The third kappa shape index (κ3) is 4.86. The summed E-state index contributed by atoms with van der Waals surface area (Å²) in [5.41, 5.74) is 13.6. The number of azide groups is 1. The Kier molecular flexibility index (Phi) is 6.27. The lowest BCUT2D eigenvalue weighted by atomic mass is 10.1. The van der Waals surface area contributed by atoms with Gasteiger partial charge in [0.25, 0.3) is 0 Å². The molecule has 1 aromatic rings. The summed E-state index contributed by atoms with van der Waals surface area (Å²) in [6.07, 6.45) is 0.531.